The minimum atomic E-state index is -0.593. The van der Waals surface area contributed by atoms with Crippen molar-refractivity contribution in [3.8, 4) is 0 Å². The molecule has 0 heterocycles. The maximum Gasteiger partial charge on any atom is 2.00 e. The second-order valence-electron chi connectivity index (χ2n) is 1.37. The van der Waals surface area contributed by atoms with Gasteiger partial charge in [-0.3, -0.25) is 8.78 Å². The summed E-state index contributed by atoms with van der Waals surface area (Å²) in [5, 5.41) is 0. The normalized spacial score (nSPS) is 8.22. The number of benzene rings is 1. The van der Waals surface area contributed by atoms with Gasteiger partial charge in [0.05, 0.1) is 0 Å². The average Bonchev–Trinajstić information content (AvgIpc) is 1.64. The van der Waals surface area contributed by atoms with Crippen molar-refractivity contribution in [2.75, 3.05) is 0 Å². The summed E-state index contributed by atoms with van der Waals surface area (Å²) in [6.45, 7) is 0. The molecule has 0 radical (unpaired) electrons. The van der Waals surface area contributed by atoms with Crippen molar-refractivity contribution in [2.45, 2.75) is 0 Å². The van der Waals surface area contributed by atoms with E-state index in [0.29, 0.717) is 0 Å². The molecule has 0 saturated carbocycles. The van der Waals surface area contributed by atoms with Gasteiger partial charge >= 0.3 is 17.1 Å². The second-order valence-corrected chi connectivity index (χ2v) is 1.37. The third-order valence-corrected chi connectivity index (χ3v) is 0.718. The predicted molar refractivity (Wildman–Crippen MR) is 25.2 cm³/mol. The van der Waals surface area contributed by atoms with E-state index in [1.54, 1.807) is 0 Å². The largest absolute Gasteiger partial charge is 2.00 e. The van der Waals surface area contributed by atoms with E-state index in [0.717, 1.165) is 18.2 Å². The Kier molecular flexibility index (Phi) is 3.43. The van der Waals surface area contributed by atoms with Gasteiger partial charge in [-0.2, -0.15) is 6.07 Å². The quantitative estimate of drug-likeness (QED) is 0.410. The maximum absolute atomic E-state index is 11.9. The molecule has 0 N–H and O–H groups in total. The molecule has 0 nitrogen and oxygen atoms in total. The zero-order valence-electron chi connectivity index (χ0n) is 4.34. The molecule has 0 aliphatic carbocycles. The fourth-order valence-corrected chi connectivity index (χ4v) is 0.416. The Morgan fingerprint density at radius 1 is 1.11 bits per heavy atom. The molecule has 9 heavy (non-hydrogen) atoms. The van der Waals surface area contributed by atoms with Crippen LogP contribution in [0.15, 0.2) is 18.2 Å². The van der Waals surface area contributed by atoms with Gasteiger partial charge in [-0.15, -0.1) is 18.2 Å². The molecule has 1 rings (SSSR count). The monoisotopic (exact) mass is 169 g/mol. The van der Waals surface area contributed by atoms with Crippen LogP contribution in [0.1, 0.15) is 0 Å². The van der Waals surface area contributed by atoms with Crippen LogP contribution < -0.4 is 0 Å². The fraction of sp³-hybridized carbons (Fsp3) is 0. The molecule has 0 bridgehead atoms. The van der Waals surface area contributed by atoms with Gasteiger partial charge in [0.25, 0.3) is 0 Å². The molecule has 48 valence electrons. The molecule has 0 aliphatic heterocycles. The van der Waals surface area contributed by atoms with Crippen molar-refractivity contribution in [1.29, 1.82) is 0 Å². The molecule has 0 spiro atoms. The number of rotatable bonds is 0. The zero-order valence-corrected chi connectivity index (χ0v) is 5.45. The van der Waals surface area contributed by atoms with Crippen LogP contribution in [0.3, 0.4) is 0 Å². The first-order valence-corrected chi connectivity index (χ1v) is 2.11. The van der Waals surface area contributed by atoms with Gasteiger partial charge in [0.2, 0.25) is 0 Å². The van der Waals surface area contributed by atoms with Crippen LogP contribution in [0.2, 0.25) is 0 Å². The average molecular weight is 169 g/mol. The van der Waals surface area contributed by atoms with E-state index in [1.807, 2.05) is 0 Å². The van der Waals surface area contributed by atoms with E-state index in [4.69, 9.17) is 0 Å². The van der Waals surface area contributed by atoms with Gasteiger partial charge in [-0.25, -0.2) is 0 Å². The molecule has 3 heteroatoms. The Balaban J connectivity index is 0.000000640. The van der Waals surface area contributed by atoms with Crippen LogP contribution in [0.4, 0.5) is 8.78 Å². The summed E-state index contributed by atoms with van der Waals surface area (Å²) in [6, 6.07) is 5.23. The SMILES string of the molecule is Fc1c[c-]cc(F)c1.[Fe+2]. The van der Waals surface area contributed by atoms with Gasteiger partial charge in [0.1, 0.15) is 0 Å². The van der Waals surface area contributed by atoms with Crippen molar-refractivity contribution in [3.63, 3.8) is 0 Å². The minimum Gasteiger partial charge on any atom is -0.284 e. The Hall–Kier alpha value is -0.401. The summed E-state index contributed by atoms with van der Waals surface area (Å²) in [5.74, 6) is -1.19. The van der Waals surface area contributed by atoms with Crippen LogP contribution in [0.25, 0.3) is 0 Å². The van der Waals surface area contributed by atoms with Crippen LogP contribution in [0.5, 0.6) is 0 Å². The van der Waals surface area contributed by atoms with Crippen LogP contribution in [-0.2, 0) is 17.1 Å². The zero-order chi connectivity index (χ0) is 5.98. The van der Waals surface area contributed by atoms with Crippen molar-refractivity contribution in [2.24, 2.45) is 0 Å². The molecule has 0 fully saturated rings. The Bertz CT molecular complexity index is 171. The third kappa shape index (κ3) is 2.59. The first-order valence-electron chi connectivity index (χ1n) is 2.11. The number of hydrogen-bond acceptors (Lipinski definition) is 0. The smallest absolute Gasteiger partial charge is 0.284 e. The first kappa shape index (κ1) is 8.60. The molecule has 0 amide bonds. The summed E-state index contributed by atoms with van der Waals surface area (Å²) in [6.07, 6.45) is 0. The summed E-state index contributed by atoms with van der Waals surface area (Å²) < 4.78 is 23.8. The van der Waals surface area contributed by atoms with E-state index in [2.05, 4.69) is 6.07 Å². The standard InChI is InChI=1S/C6H3F2.Fe/c7-5-2-1-3-6(8)4-5;/h2-4H;/q-1;+2. The summed E-state index contributed by atoms with van der Waals surface area (Å²) in [4.78, 5) is 0. The molecule has 0 atom stereocenters. The van der Waals surface area contributed by atoms with Crippen LogP contribution >= 0.6 is 0 Å². The van der Waals surface area contributed by atoms with Gasteiger partial charge in [-0.1, -0.05) is 0 Å². The summed E-state index contributed by atoms with van der Waals surface area (Å²) >= 11 is 0. The maximum atomic E-state index is 11.9. The van der Waals surface area contributed by atoms with Crippen LogP contribution in [0, 0.1) is 17.7 Å². The summed E-state index contributed by atoms with van der Waals surface area (Å²) in [7, 11) is 0. The van der Waals surface area contributed by atoms with Gasteiger partial charge in [-0.05, 0) is 0 Å². The number of hydrogen-bond donors (Lipinski definition) is 0. The van der Waals surface area contributed by atoms with Crippen molar-refractivity contribution in [1.82, 2.24) is 0 Å². The Labute approximate surface area is 62.4 Å². The van der Waals surface area contributed by atoms with Crippen molar-refractivity contribution in [3.05, 3.63) is 35.9 Å². The van der Waals surface area contributed by atoms with Gasteiger partial charge in [0, 0.05) is 11.6 Å². The minimum absolute atomic E-state index is 0. The van der Waals surface area contributed by atoms with E-state index < -0.39 is 11.6 Å². The predicted octanol–water partition coefficient (Wildman–Crippen LogP) is 1.76. The van der Waals surface area contributed by atoms with E-state index in [-0.39, 0.29) is 17.1 Å². The molecule has 0 unspecified atom stereocenters. The Morgan fingerprint density at radius 3 is 1.78 bits per heavy atom. The van der Waals surface area contributed by atoms with Gasteiger partial charge in [0.15, 0.2) is 0 Å². The van der Waals surface area contributed by atoms with E-state index in [9.17, 15) is 8.78 Å². The van der Waals surface area contributed by atoms with Gasteiger partial charge < -0.3 is 0 Å². The molecule has 1 aromatic carbocycles. The second kappa shape index (κ2) is 3.59. The molecular formula is C6H3F2Fe+. The van der Waals surface area contributed by atoms with Crippen molar-refractivity contribution >= 4 is 0 Å². The van der Waals surface area contributed by atoms with Crippen LogP contribution in [-0.4, -0.2) is 0 Å². The molecule has 1 aromatic rings. The Morgan fingerprint density at radius 2 is 1.56 bits per heavy atom. The number of halogens is 2. The summed E-state index contributed by atoms with van der Waals surface area (Å²) in [5.41, 5.74) is 0. The van der Waals surface area contributed by atoms with Crippen molar-refractivity contribution < 1.29 is 25.8 Å². The molecule has 0 aromatic heterocycles. The molecule has 0 saturated heterocycles. The van der Waals surface area contributed by atoms with E-state index >= 15 is 0 Å². The first-order chi connectivity index (χ1) is 3.79. The molecule has 0 aliphatic rings. The topological polar surface area (TPSA) is 0 Å². The van der Waals surface area contributed by atoms with E-state index in [1.165, 1.54) is 0 Å². The molecular weight excluding hydrogens is 166 g/mol. The third-order valence-electron chi connectivity index (χ3n) is 0.718. The fourth-order valence-electron chi connectivity index (χ4n) is 0.416.